The van der Waals surface area contributed by atoms with E-state index in [1.54, 1.807) is 0 Å². The lowest BCUT2D eigenvalue weighted by Crippen LogP contribution is -2.36. The summed E-state index contributed by atoms with van der Waals surface area (Å²) < 4.78 is 12.1. The van der Waals surface area contributed by atoms with Crippen molar-refractivity contribution in [2.45, 2.75) is 32.1 Å². The summed E-state index contributed by atoms with van der Waals surface area (Å²) in [4.78, 5) is 17.1. The highest BCUT2D eigenvalue weighted by Gasteiger charge is 2.40. The van der Waals surface area contributed by atoms with Crippen LogP contribution in [-0.2, 0) is 4.79 Å². The second kappa shape index (κ2) is 5.95. The number of aromatic nitrogens is 1. The van der Waals surface area contributed by atoms with Crippen LogP contribution >= 0.6 is 11.3 Å². The second-order valence-corrected chi connectivity index (χ2v) is 7.22. The maximum Gasteiger partial charge on any atom is 0.246 e. The Morgan fingerprint density at radius 2 is 1.92 bits per heavy atom. The molecule has 124 valence electrons. The highest BCUT2D eigenvalue weighted by atomic mass is 32.1. The van der Waals surface area contributed by atoms with Gasteiger partial charge in [-0.15, -0.1) is 0 Å². The number of hydrogen-bond acceptors (Lipinski definition) is 6. The second-order valence-electron chi connectivity index (χ2n) is 6.19. The van der Waals surface area contributed by atoms with E-state index in [1.165, 1.54) is 11.3 Å². The van der Waals surface area contributed by atoms with Crippen molar-refractivity contribution >= 4 is 32.6 Å². The summed E-state index contributed by atoms with van der Waals surface area (Å²) in [7, 11) is 0. The van der Waals surface area contributed by atoms with E-state index in [0.717, 1.165) is 29.5 Å². The van der Waals surface area contributed by atoms with Crippen molar-refractivity contribution in [3.8, 4) is 17.6 Å². The van der Waals surface area contributed by atoms with Crippen LogP contribution in [0.1, 0.15) is 32.1 Å². The Kier molecular flexibility index (Phi) is 3.77. The maximum absolute atomic E-state index is 12.6. The van der Waals surface area contributed by atoms with Gasteiger partial charge in [-0.25, -0.2) is 4.98 Å². The smallest absolute Gasteiger partial charge is 0.246 e. The van der Waals surface area contributed by atoms with E-state index in [4.69, 9.17) is 9.47 Å². The molecular formula is C17H17N3O3S. The lowest BCUT2D eigenvalue weighted by atomic mass is 9.74. The predicted molar refractivity (Wildman–Crippen MR) is 90.4 cm³/mol. The van der Waals surface area contributed by atoms with Gasteiger partial charge in [-0.2, -0.15) is 5.26 Å². The van der Waals surface area contributed by atoms with E-state index in [2.05, 4.69) is 16.4 Å². The number of fused-ring (bicyclic) bond motifs is 2. The van der Waals surface area contributed by atoms with E-state index in [9.17, 15) is 10.1 Å². The van der Waals surface area contributed by atoms with Gasteiger partial charge in [-0.1, -0.05) is 30.6 Å². The fourth-order valence-electron chi connectivity index (χ4n) is 3.28. The summed E-state index contributed by atoms with van der Waals surface area (Å²) in [6, 6.07) is 5.96. The molecule has 1 saturated carbocycles. The quantitative estimate of drug-likeness (QED) is 0.902. The highest BCUT2D eigenvalue weighted by Crippen LogP contribution is 2.40. The molecule has 2 heterocycles. The van der Waals surface area contributed by atoms with Crippen molar-refractivity contribution in [2.24, 2.45) is 5.41 Å². The van der Waals surface area contributed by atoms with Gasteiger partial charge in [0.2, 0.25) is 5.91 Å². The molecule has 1 aromatic heterocycles. The summed E-state index contributed by atoms with van der Waals surface area (Å²) in [5, 5.41) is 12.9. The first kappa shape index (κ1) is 15.2. The van der Waals surface area contributed by atoms with Crippen molar-refractivity contribution in [1.29, 1.82) is 5.26 Å². The standard InChI is InChI=1S/C17H17N3O3S/c18-10-17(4-2-1-3-5-17)15(21)20-16-19-11-8-12-13(9-14(11)24-16)23-7-6-22-12/h8-9H,1-7H2,(H,19,20,21). The summed E-state index contributed by atoms with van der Waals surface area (Å²) in [5.41, 5.74) is -0.157. The molecule has 2 aliphatic rings. The molecule has 0 saturated heterocycles. The van der Waals surface area contributed by atoms with Crippen LogP contribution in [0.2, 0.25) is 0 Å². The van der Waals surface area contributed by atoms with E-state index in [0.29, 0.717) is 42.7 Å². The number of anilines is 1. The van der Waals surface area contributed by atoms with E-state index in [1.807, 2.05) is 12.1 Å². The predicted octanol–water partition coefficient (Wildman–Crippen LogP) is 3.48. The fraction of sp³-hybridized carbons (Fsp3) is 0.471. The van der Waals surface area contributed by atoms with Gasteiger partial charge >= 0.3 is 0 Å². The Labute approximate surface area is 143 Å². The normalized spacial score (nSPS) is 18.8. The number of nitrogens with one attached hydrogen (secondary N) is 1. The Hall–Kier alpha value is -2.33. The molecule has 1 aliphatic heterocycles. The average Bonchev–Trinajstić information content (AvgIpc) is 3.01. The van der Waals surface area contributed by atoms with Crippen LogP contribution in [0.3, 0.4) is 0 Å². The molecule has 0 unspecified atom stereocenters. The number of amides is 1. The van der Waals surface area contributed by atoms with E-state index in [-0.39, 0.29) is 5.91 Å². The molecule has 2 aromatic rings. The number of benzene rings is 1. The minimum Gasteiger partial charge on any atom is -0.486 e. The molecule has 1 amide bonds. The van der Waals surface area contributed by atoms with Gasteiger partial charge in [0.15, 0.2) is 16.6 Å². The van der Waals surface area contributed by atoms with Gasteiger partial charge in [0.1, 0.15) is 18.6 Å². The zero-order chi connectivity index (χ0) is 16.6. The Balaban J connectivity index is 1.60. The zero-order valence-electron chi connectivity index (χ0n) is 13.1. The van der Waals surface area contributed by atoms with Crippen LogP contribution in [0, 0.1) is 16.7 Å². The van der Waals surface area contributed by atoms with Gasteiger partial charge in [-0.05, 0) is 12.8 Å². The highest BCUT2D eigenvalue weighted by molar-refractivity contribution is 7.22. The molecule has 24 heavy (non-hydrogen) atoms. The van der Waals surface area contributed by atoms with Crippen LogP contribution in [0.15, 0.2) is 12.1 Å². The maximum atomic E-state index is 12.6. The first-order valence-corrected chi connectivity index (χ1v) is 8.95. The first-order valence-electron chi connectivity index (χ1n) is 8.13. The van der Waals surface area contributed by atoms with Crippen molar-refractivity contribution in [3.05, 3.63) is 12.1 Å². The van der Waals surface area contributed by atoms with Gasteiger partial charge in [0, 0.05) is 12.1 Å². The third kappa shape index (κ3) is 2.57. The van der Waals surface area contributed by atoms with Crippen LogP contribution in [-0.4, -0.2) is 24.1 Å². The Morgan fingerprint density at radius 3 is 2.62 bits per heavy atom. The lowest BCUT2D eigenvalue weighted by molar-refractivity contribution is -0.124. The number of nitrogens with zero attached hydrogens (tertiary/aromatic N) is 2. The molecule has 1 aromatic carbocycles. The number of thiazole rings is 1. The molecule has 1 N–H and O–H groups in total. The molecular weight excluding hydrogens is 326 g/mol. The van der Waals surface area contributed by atoms with Gasteiger partial charge in [0.25, 0.3) is 0 Å². The van der Waals surface area contributed by atoms with Crippen LogP contribution < -0.4 is 14.8 Å². The molecule has 0 radical (unpaired) electrons. The number of carbonyl (C=O) groups excluding carboxylic acids is 1. The minimum atomic E-state index is -0.915. The molecule has 6 nitrogen and oxygen atoms in total. The average molecular weight is 343 g/mol. The molecule has 0 spiro atoms. The Morgan fingerprint density at radius 1 is 1.21 bits per heavy atom. The third-order valence-corrected chi connectivity index (χ3v) is 5.56. The van der Waals surface area contributed by atoms with Crippen molar-refractivity contribution < 1.29 is 14.3 Å². The monoisotopic (exact) mass is 343 g/mol. The zero-order valence-corrected chi connectivity index (χ0v) is 13.9. The summed E-state index contributed by atoms with van der Waals surface area (Å²) in [6.45, 7) is 1.06. The molecule has 0 bridgehead atoms. The van der Waals surface area contributed by atoms with E-state index >= 15 is 0 Å². The SMILES string of the molecule is N#CC1(C(=O)Nc2nc3cc4c(cc3s2)OCCO4)CCCCC1. The molecule has 7 heteroatoms. The van der Waals surface area contributed by atoms with Gasteiger partial charge in [0.05, 0.1) is 16.3 Å². The number of carbonyl (C=O) groups is 1. The van der Waals surface area contributed by atoms with Crippen molar-refractivity contribution in [3.63, 3.8) is 0 Å². The first-order chi connectivity index (χ1) is 11.7. The molecule has 1 aliphatic carbocycles. The fourth-order valence-corrected chi connectivity index (χ4v) is 4.15. The third-order valence-electron chi connectivity index (χ3n) is 4.63. The molecule has 1 fully saturated rings. The minimum absolute atomic E-state index is 0.235. The summed E-state index contributed by atoms with van der Waals surface area (Å²) in [5.74, 6) is 1.15. The lowest BCUT2D eigenvalue weighted by Gasteiger charge is -2.28. The summed E-state index contributed by atoms with van der Waals surface area (Å²) >= 11 is 1.38. The van der Waals surface area contributed by atoms with Gasteiger partial charge in [-0.3, -0.25) is 4.79 Å². The van der Waals surface area contributed by atoms with Crippen molar-refractivity contribution in [1.82, 2.24) is 4.98 Å². The van der Waals surface area contributed by atoms with Crippen LogP contribution in [0.5, 0.6) is 11.5 Å². The number of hydrogen-bond donors (Lipinski definition) is 1. The number of nitriles is 1. The topological polar surface area (TPSA) is 84.2 Å². The van der Waals surface area contributed by atoms with Crippen LogP contribution in [0.25, 0.3) is 10.2 Å². The molecule has 4 rings (SSSR count). The Bertz CT molecular complexity index is 790. The molecule has 0 atom stereocenters. The number of rotatable bonds is 2. The van der Waals surface area contributed by atoms with E-state index < -0.39 is 5.41 Å². The van der Waals surface area contributed by atoms with Crippen LogP contribution in [0.4, 0.5) is 5.13 Å². The van der Waals surface area contributed by atoms with Crippen molar-refractivity contribution in [2.75, 3.05) is 18.5 Å². The van der Waals surface area contributed by atoms with Gasteiger partial charge < -0.3 is 14.8 Å². The number of ether oxygens (including phenoxy) is 2. The largest absolute Gasteiger partial charge is 0.486 e. The summed E-state index contributed by atoms with van der Waals surface area (Å²) in [6.07, 6.45) is 4.17.